The Hall–Kier alpha value is -2.38. The first kappa shape index (κ1) is 25.3. The zero-order valence-electron chi connectivity index (χ0n) is 20.4. The number of amides is 2. The molecule has 3 heterocycles. The molecule has 0 unspecified atom stereocenters. The Morgan fingerprint density at radius 3 is 2.53 bits per heavy atom. The van der Waals surface area contributed by atoms with Gasteiger partial charge in [0, 0.05) is 42.1 Å². The van der Waals surface area contributed by atoms with E-state index in [1.165, 1.54) is 21.6 Å². The number of hydrogen-bond donors (Lipinski definition) is 0. The minimum Gasteiger partial charge on any atom is -0.338 e. The smallest absolute Gasteiger partial charge is 0.255 e. The molecule has 2 aromatic carbocycles. The van der Waals surface area contributed by atoms with Gasteiger partial charge in [-0.2, -0.15) is 0 Å². The molecule has 5 rings (SSSR count). The summed E-state index contributed by atoms with van der Waals surface area (Å²) in [5.74, 6) is -0.0222. The second-order valence-electron chi connectivity index (χ2n) is 9.64. The normalized spacial score (nSPS) is 20.3. The van der Waals surface area contributed by atoms with Crippen molar-refractivity contribution in [3.05, 3.63) is 91.1 Å². The average molecular weight is 543 g/mol. The van der Waals surface area contributed by atoms with Crippen LogP contribution in [0.4, 0.5) is 0 Å². The van der Waals surface area contributed by atoms with Crippen molar-refractivity contribution >= 4 is 46.4 Å². The van der Waals surface area contributed by atoms with Crippen LogP contribution in [0.1, 0.15) is 44.9 Å². The Labute approximate surface area is 226 Å². The molecule has 188 valence electrons. The molecule has 1 saturated heterocycles. The molecule has 0 N–H and O–H groups in total. The van der Waals surface area contributed by atoms with Crippen LogP contribution in [0.3, 0.4) is 0 Å². The van der Waals surface area contributed by atoms with Crippen molar-refractivity contribution < 1.29 is 9.59 Å². The number of nitrogens with zero attached hydrogens (tertiary/aromatic N) is 3. The molecule has 2 atom stereocenters. The first-order chi connectivity index (χ1) is 17.3. The van der Waals surface area contributed by atoms with Crippen molar-refractivity contribution in [2.24, 2.45) is 0 Å². The van der Waals surface area contributed by atoms with Crippen molar-refractivity contribution in [2.75, 3.05) is 32.7 Å². The van der Waals surface area contributed by atoms with Gasteiger partial charge in [0.1, 0.15) is 0 Å². The van der Waals surface area contributed by atoms with Gasteiger partial charge in [-0.25, -0.2) is 0 Å². The second-order valence-corrected chi connectivity index (χ2v) is 11.5. The van der Waals surface area contributed by atoms with Crippen LogP contribution in [0.2, 0.25) is 10.0 Å². The molecule has 2 amide bonds. The molecular weight excluding hydrogens is 513 g/mol. The van der Waals surface area contributed by atoms with Gasteiger partial charge in [0.2, 0.25) is 5.91 Å². The van der Waals surface area contributed by atoms with Gasteiger partial charge in [0.05, 0.1) is 23.2 Å². The summed E-state index contributed by atoms with van der Waals surface area (Å²) in [6.45, 7) is 6.76. The number of carbonyl (C=O) groups excluding carboxylic acids is 2. The lowest BCUT2D eigenvalue weighted by Crippen LogP contribution is -2.57. The molecule has 3 aromatic rings. The number of carbonyl (C=O) groups is 2. The molecule has 0 bridgehead atoms. The second kappa shape index (κ2) is 10.5. The molecule has 0 saturated carbocycles. The standard InChI is InChI=1S/C28H29Cl2N3O2S/c1-18-3-5-20(6-4-18)27-23-10-14-36-25(23)9-11-32(27)17-26(34)31-12-13-33(19(2)16-31)28(35)22-8-7-21(29)15-24(22)30/h3-8,10,14-15,19,27H,9,11-13,16-17H2,1-2H3/t19-,27+/m0/s1. The fourth-order valence-electron chi connectivity index (χ4n) is 5.25. The van der Waals surface area contributed by atoms with Gasteiger partial charge in [-0.3, -0.25) is 14.5 Å². The van der Waals surface area contributed by atoms with Crippen molar-refractivity contribution in [2.45, 2.75) is 32.4 Å². The highest BCUT2D eigenvalue weighted by molar-refractivity contribution is 7.10. The van der Waals surface area contributed by atoms with Crippen LogP contribution in [0.15, 0.2) is 53.9 Å². The minimum atomic E-state index is -0.128. The summed E-state index contributed by atoms with van der Waals surface area (Å²) in [6.07, 6.45) is 0.961. The highest BCUT2D eigenvalue weighted by Crippen LogP contribution is 2.37. The topological polar surface area (TPSA) is 43.9 Å². The summed E-state index contributed by atoms with van der Waals surface area (Å²) in [6, 6.07) is 15.7. The van der Waals surface area contributed by atoms with Gasteiger partial charge in [0.15, 0.2) is 0 Å². The van der Waals surface area contributed by atoms with E-state index in [9.17, 15) is 9.59 Å². The maximum Gasteiger partial charge on any atom is 0.255 e. The minimum absolute atomic E-state index is 0.0805. The van der Waals surface area contributed by atoms with Crippen molar-refractivity contribution in [3.8, 4) is 0 Å². The van der Waals surface area contributed by atoms with E-state index in [-0.39, 0.29) is 23.9 Å². The Bertz CT molecular complexity index is 1280. The zero-order chi connectivity index (χ0) is 25.4. The van der Waals surface area contributed by atoms with Gasteiger partial charge in [-0.05, 0) is 61.0 Å². The third-order valence-electron chi connectivity index (χ3n) is 7.20. The first-order valence-corrected chi connectivity index (χ1v) is 13.9. The van der Waals surface area contributed by atoms with E-state index in [0.717, 1.165) is 13.0 Å². The molecule has 0 radical (unpaired) electrons. The number of benzene rings is 2. The molecule has 2 aliphatic heterocycles. The molecule has 1 aromatic heterocycles. The summed E-state index contributed by atoms with van der Waals surface area (Å²) < 4.78 is 0. The van der Waals surface area contributed by atoms with E-state index in [1.807, 2.05) is 11.8 Å². The molecule has 0 aliphatic carbocycles. The first-order valence-electron chi connectivity index (χ1n) is 12.2. The third-order valence-corrected chi connectivity index (χ3v) is 8.74. The zero-order valence-corrected chi connectivity index (χ0v) is 22.7. The molecule has 36 heavy (non-hydrogen) atoms. The number of fused-ring (bicyclic) bond motifs is 1. The van der Waals surface area contributed by atoms with Crippen LogP contribution < -0.4 is 0 Å². The lowest BCUT2D eigenvalue weighted by atomic mass is 9.92. The Kier molecular flexibility index (Phi) is 7.40. The van der Waals surface area contributed by atoms with Crippen LogP contribution in [-0.4, -0.2) is 65.3 Å². The Morgan fingerprint density at radius 1 is 1.03 bits per heavy atom. The fraction of sp³-hybridized carbons (Fsp3) is 0.357. The molecular formula is C28H29Cl2N3O2S. The molecule has 8 heteroatoms. The van der Waals surface area contributed by atoms with E-state index in [4.69, 9.17) is 23.2 Å². The van der Waals surface area contributed by atoms with E-state index < -0.39 is 0 Å². The maximum atomic E-state index is 13.5. The van der Waals surface area contributed by atoms with E-state index in [2.05, 4.69) is 47.5 Å². The van der Waals surface area contributed by atoms with E-state index in [0.29, 0.717) is 41.8 Å². The summed E-state index contributed by atoms with van der Waals surface area (Å²) in [5, 5.41) is 3.00. The molecule has 0 spiro atoms. The van der Waals surface area contributed by atoms with Crippen LogP contribution in [0, 0.1) is 6.92 Å². The highest BCUT2D eigenvalue weighted by atomic mass is 35.5. The van der Waals surface area contributed by atoms with Gasteiger partial charge in [0.25, 0.3) is 5.91 Å². The lowest BCUT2D eigenvalue weighted by molar-refractivity contribution is -0.135. The van der Waals surface area contributed by atoms with Gasteiger partial charge in [-0.15, -0.1) is 11.3 Å². The fourth-order valence-corrected chi connectivity index (χ4v) is 6.65. The molecule has 2 aliphatic rings. The lowest BCUT2D eigenvalue weighted by Gasteiger charge is -2.42. The Morgan fingerprint density at radius 2 is 1.81 bits per heavy atom. The highest BCUT2D eigenvalue weighted by Gasteiger charge is 2.35. The van der Waals surface area contributed by atoms with Gasteiger partial charge < -0.3 is 9.80 Å². The SMILES string of the molecule is Cc1ccc([C@@H]2c3ccsc3CCN2CC(=O)N2CCN(C(=O)c3ccc(Cl)cc3Cl)[C@@H](C)C2)cc1. The van der Waals surface area contributed by atoms with Crippen molar-refractivity contribution in [1.29, 1.82) is 0 Å². The molecule has 5 nitrogen and oxygen atoms in total. The molecule has 1 fully saturated rings. The number of aryl methyl sites for hydroxylation is 1. The Balaban J connectivity index is 1.28. The summed E-state index contributed by atoms with van der Waals surface area (Å²) >= 11 is 14.1. The number of thiophene rings is 1. The quantitative estimate of drug-likeness (QED) is 0.426. The van der Waals surface area contributed by atoms with Gasteiger partial charge >= 0.3 is 0 Å². The van der Waals surface area contributed by atoms with E-state index in [1.54, 1.807) is 34.4 Å². The maximum absolute atomic E-state index is 13.5. The van der Waals surface area contributed by atoms with E-state index >= 15 is 0 Å². The average Bonchev–Trinajstić information content (AvgIpc) is 3.33. The van der Waals surface area contributed by atoms with Crippen molar-refractivity contribution in [1.82, 2.24) is 14.7 Å². The van der Waals surface area contributed by atoms with Crippen LogP contribution in [0.5, 0.6) is 0 Å². The predicted octanol–water partition coefficient (Wildman–Crippen LogP) is 5.68. The number of rotatable bonds is 4. The largest absolute Gasteiger partial charge is 0.338 e. The third kappa shape index (κ3) is 5.05. The number of piperazine rings is 1. The van der Waals surface area contributed by atoms with Crippen molar-refractivity contribution in [3.63, 3.8) is 0 Å². The monoisotopic (exact) mass is 541 g/mol. The predicted molar refractivity (Wildman–Crippen MR) is 146 cm³/mol. The summed E-state index contributed by atoms with van der Waals surface area (Å²) in [7, 11) is 0. The van der Waals surface area contributed by atoms with Crippen LogP contribution >= 0.6 is 34.5 Å². The van der Waals surface area contributed by atoms with Crippen LogP contribution in [0.25, 0.3) is 0 Å². The van der Waals surface area contributed by atoms with Gasteiger partial charge in [-0.1, -0.05) is 53.0 Å². The number of hydrogen-bond acceptors (Lipinski definition) is 4. The van der Waals surface area contributed by atoms with Crippen LogP contribution in [-0.2, 0) is 11.2 Å². The summed E-state index contributed by atoms with van der Waals surface area (Å²) in [4.78, 5) is 34.0. The summed E-state index contributed by atoms with van der Waals surface area (Å²) in [5.41, 5.74) is 4.19. The number of halogens is 2.